The first-order chi connectivity index (χ1) is 8.69. The van der Waals surface area contributed by atoms with Gasteiger partial charge in [-0.15, -0.1) is 0 Å². The van der Waals surface area contributed by atoms with Gasteiger partial charge in [0.15, 0.2) is 0 Å². The SMILES string of the molecule is CCCCC(C)Nc1ccc2cc(N)ccc2n1. The van der Waals surface area contributed by atoms with Gasteiger partial charge in [-0.2, -0.15) is 0 Å². The maximum absolute atomic E-state index is 5.75. The summed E-state index contributed by atoms with van der Waals surface area (Å²) in [6.07, 6.45) is 3.66. The molecule has 1 aromatic heterocycles. The molecule has 1 unspecified atom stereocenters. The molecule has 3 heteroatoms. The van der Waals surface area contributed by atoms with Crippen molar-refractivity contribution in [3.63, 3.8) is 0 Å². The van der Waals surface area contributed by atoms with Crippen molar-refractivity contribution in [2.24, 2.45) is 0 Å². The topological polar surface area (TPSA) is 50.9 Å². The Kier molecular flexibility index (Phi) is 4.03. The molecule has 0 amide bonds. The van der Waals surface area contributed by atoms with E-state index in [1.54, 1.807) is 0 Å². The number of unbranched alkanes of at least 4 members (excludes halogenated alkanes) is 1. The first kappa shape index (κ1) is 12.7. The van der Waals surface area contributed by atoms with Gasteiger partial charge in [0.2, 0.25) is 0 Å². The number of fused-ring (bicyclic) bond motifs is 1. The van der Waals surface area contributed by atoms with E-state index in [4.69, 9.17) is 5.73 Å². The van der Waals surface area contributed by atoms with Crippen molar-refractivity contribution in [2.75, 3.05) is 11.1 Å². The second-order valence-electron chi connectivity index (χ2n) is 4.84. The highest BCUT2D eigenvalue weighted by Crippen LogP contribution is 2.18. The number of nitrogens with zero attached hydrogens (tertiary/aromatic N) is 1. The molecular formula is C15H21N3. The third kappa shape index (κ3) is 3.13. The number of benzene rings is 1. The number of nitrogens with two attached hydrogens (primary N) is 1. The van der Waals surface area contributed by atoms with Gasteiger partial charge in [-0.1, -0.05) is 19.8 Å². The van der Waals surface area contributed by atoms with Gasteiger partial charge in [-0.25, -0.2) is 4.98 Å². The molecule has 18 heavy (non-hydrogen) atoms. The quantitative estimate of drug-likeness (QED) is 0.785. The number of nitrogens with one attached hydrogen (secondary N) is 1. The van der Waals surface area contributed by atoms with Crippen molar-refractivity contribution in [2.45, 2.75) is 39.2 Å². The largest absolute Gasteiger partial charge is 0.399 e. The van der Waals surface area contributed by atoms with Crippen LogP contribution in [0.2, 0.25) is 0 Å². The van der Waals surface area contributed by atoms with Crippen LogP contribution in [0.1, 0.15) is 33.1 Å². The van der Waals surface area contributed by atoms with Crippen LogP contribution in [0.25, 0.3) is 10.9 Å². The summed E-state index contributed by atoms with van der Waals surface area (Å²) in [7, 11) is 0. The summed E-state index contributed by atoms with van der Waals surface area (Å²) >= 11 is 0. The summed E-state index contributed by atoms with van der Waals surface area (Å²) in [5, 5.41) is 4.53. The molecule has 3 N–H and O–H groups in total. The predicted octanol–water partition coefficient (Wildman–Crippen LogP) is 3.81. The Morgan fingerprint density at radius 1 is 1.28 bits per heavy atom. The molecule has 96 valence electrons. The minimum atomic E-state index is 0.462. The van der Waals surface area contributed by atoms with Gasteiger partial charge in [0.05, 0.1) is 5.52 Å². The van der Waals surface area contributed by atoms with E-state index in [1.165, 1.54) is 19.3 Å². The van der Waals surface area contributed by atoms with E-state index in [-0.39, 0.29) is 0 Å². The Bertz CT molecular complexity index is 522. The molecule has 0 aliphatic rings. The third-order valence-electron chi connectivity index (χ3n) is 3.10. The zero-order chi connectivity index (χ0) is 13.0. The lowest BCUT2D eigenvalue weighted by Gasteiger charge is -2.14. The number of hydrogen-bond donors (Lipinski definition) is 2. The fourth-order valence-electron chi connectivity index (χ4n) is 2.06. The van der Waals surface area contributed by atoms with Gasteiger partial charge in [0, 0.05) is 17.1 Å². The molecule has 2 rings (SSSR count). The number of anilines is 2. The van der Waals surface area contributed by atoms with Crippen LogP contribution < -0.4 is 11.1 Å². The second kappa shape index (κ2) is 5.71. The van der Waals surface area contributed by atoms with Crippen LogP contribution in [0.5, 0.6) is 0 Å². The molecule has 3 nitrogen and oxygen atoms in total. The summed E-state index contributed by atoms with van der Waals surface area (Å²) < 4.78 is 0. The average molecular weight is 243 g/mol. The summed E-state index contributed by atoms with van der Waals surface area (Å²) in [5.74, 6) is 0.941. The summed E-state index contributed by atoms with van der Waals surface area (Å²) in [6, 6.07) is 10.3. The highest BCUT2D eigenvalue weighted by Gasteiger charge is 2.03. The highest BCUT2D eigenvalue weighted by atomic mass is 15.0. The minimum Gasteiger partial charge on any atom is -0.399 e. The Labute approximate surface area is 108 Å². The number of aromatic nitrogens is 1. The molecule has 0 saturated heterocycles. The predicted molar refractivity (Wildman–Crippen MR) is 78.8 cm³/mol. The van der Waals surface area contributed by atoms with E-state index >= 15 is 0 Å². The number of rotatable bonds is 5. The van der Waals surface area contributed by atoms with Crippen LogP contribution >= 0.6 is 0 Å². The fraction of sp³-hybridized carbons (Fsp3) is 0.400. The summed E-state index contributed by atoms with van der Waals surface area (Å²) in [4.78, 5) is 4.60. The monoisotopic (exact) mass is 243 g/mol. The van der Waals surface area contributed by atoms with Crippen LogP contribution in [-0.4, -0.2) is 11.0 Å². The maximum Gasteiger partial charge on any atom is 0.126 e. The summed E-state index contributed by atoms with van der Waals surface area (Å²) in [6.45, 7) is 4.41. The molecule has 1 atom stereocenters. The van der Waals surface area contributed by atoms with Gasteiger partial charge in [0.1, 0.15) is 5.82 Å². The lowest BCUT2D eigenvalue weighted by atomic mass is 10.1. The molecule has 0 spiro atoms. The van der Waals surface area contributed by atoms with E-state index in [0.717, 1.165) is 22.4 Å². The van der Waals surface area contributed by atoms with Crippen molar-refractivity contribution < 1.29 is 0 Å². The first-order valence-corrected chi connectivity index (χ1v) is 6.62. The van der Waals surface area contributed by atoms with Crippen molar-refractivity contribution in [3.05, 3.63) is 30.3 Å². The molecule has 1 aromatic carbocycles. The minimum absolute atomic E-state index is 0.462. The molecule has 0 bridgehead atoms. The average Bonchev–Trinajstić information content (AvgIpc) is 2.36. The summed E-state index contributed by atoms with van der Waals surface area (Å²) in [5.41, 5.74) is 7.52. The van der Waals surface area contributed by atoms with E-state index in [0.29, 0.717) is 6.04 Å². The van der Waals surface area contributed by atoms with E-state index in [1.807, 2.05) is 24.3 Å². The fourth-order valence-corrected chi connectivity index (χ4v) is 2.06. The second-order valence-corrected chi connectivity index (χ2v) is 4.84. The van der Waals surface area contributed by atoms with Crippen molar-refractivity contribution in [3.8, 4) is 0 Å². The molecule has 0 radical (unpaired) electrons. The number of nitrogen functional groups attached to an aromatic ring is 1. The van der Waals surface area contributed by atoms with Crippen LogP contribution in [0.15, 0.2) is 30.3 Å². The first-order valence-electron chi connectivity index (χ1n) is 6.62. The normalized spacial score (nSPS) is 12.6. The lowest BCUT2D eigenvalue weighted by Crippen LogP contribution is -2.15. The molecule has 0 saturated carbocycles. The molecule has 0 aliphatic carbocycles. The van der Waals surface area contributed by atoms with Gasteiger partial charge >= 0.3 is 0 Å². The third-order valence-corrected chi connectivity index (χ3v) is 3.10. The Balaban J connectivity index is 2.12. The van der Waals surface area contributed by atoms with E-state index in [2.05, 4.69) is 30.2 Å². The number of hydrogen-bond acceptors (Lipinski definition) is 3. The maximum atomic E-state index is 5.75. The highest BCUT2D eigenvalue weighted by molar-refractivity contribution is 5.83. The molecule has 2 aromatic rings. The van der Waals surface area contributed by atoms with Gasteiger partial charge in [-0.3, -0.25) is 0 Å². The smallest absolute Gasteiger partial charge is 0.126 e. The molecule has 1 heterocycles. The van der Waals surface area contributed by atoms with Crippen molar-refractivity contribution in [1.29, 1.82) is 0 Å². The Hall–Kier alpha value is -1.77. The molecular weight excluding hydrogens is 222 g/mol. The zero-order valence-electron chi connectivity index (χ0n) is 11.1. The van der Waals surface area contributed by atoms with Gasteiger partial charge in [-0.05, 0) is 43.7 Å². The van der Waals surface area contributed by atoms with Crippen LogP contribution in [0, 0.1) is 0 Å². The zero-order valence-corrected chi connectivity index (χ0v) is 11.1. The lowest BCUT2D eigenvalue weighted by molar-refractivity contribution is 0.643. The molecule has 0 aliphatic heterocycles. The van der Waals surface area contributed by atoms with Gasteiger partial charge < -0.3 is 11.1 Å². The number of pyridine rings is 1. The van der Waals surface area contributed by atoms with Crippen LogP contribution in [-0.2, 0) is 0 Å². The Morgan fingerprint density at radius 2 is 2.11 bits per heavy atom. The standard InChI is InChI=1S/C15H21N3/c1-3-4-5-11(2)17-15-9-6-12-10-13(16)7-8-14(12)18-15/h6-11H,3-5,16H2,1-2H3,(H,17,18). The van der Waals surface area contributed by atoms with Crippen LogP contribution in [0.4, 0.5) is 11.5 Å². The van der Waals surface area contributed by atoms with E-state index in [9.17, 15) is 0 Å². The van der Waals surface area contributed by atoms with Crippen LogP contribution in [0.3, 0.4) is 0 Å². The van der Waals surface area contributed by atoms with E-state index < -0.39 is 0 Å². The van der Waals surface area contributed by atoms with Crippen molar-refractivity contribution in [1.82, 2.24) is 4.98 Å². The van der Waals surface area contributed by atoms with Gasteiger partial charge in [0.25, 0.3) is 0 Å². The van der Waals surface area contributed by atoms with Crippen molar-refractivity contribution >= 4 is 22.4 Å². The Morgan fingerprint density at radius 3 is 2.89 bits per heavy atom. The molecule has 0 fully saturated rings.